The van der Waals surface area contributed by atoms with E-state index in [9.17, 15) is 5.11 Å². The third-order valence-electron chi connectivity index (χ3n) is 3.47. The molecule has 0 unspecified atom stereocenters. The van der Waals surface area contributed by atoms with Crippen molar-refractivity contribution in [3.63, 3.8) is 0 Å². The quantitative estimate of drug-likeness (QED) is 0.769. The molecule has 0 aromatic heterocycles. The minimum Gasteiger partial charge on any atom is -0.502 e. The van der Waals surface area contributed by atoms with Gasteiger partial charge in [-0.05, 0) is 29.8 Å². The Kier molecular flexibility index (Phi) is 5.92. The van der Waals surface area contributed by atoms with Gasteiger partial charge in [-0.1, -0.05) is 23.7 Å². The van der Waals surface area contributed by atoms with Gasteiger partial charge in [0, 0.05) is 17.0 Å². The first kappa shape index (κ1) is 16.5. The Balaban J connectivity index is 1.90. The number of hydrogen-bond acceptors (Lipinski definition) is 3. The number of nitrogens with two attached hydrogens (primary N) is 1. The van der Waals surface area contributed by atoms with Crippen LogP contribution in [0.4, 0.5) is 0 Å². The topological polar surface area (TPSA) is 55.3 Å². The minimum atomic E-state index is 0.0370. The van der Waals surface area contributed by atoms with E-state index >= 15 is 0 Å². The van der Waals surface area contributed by atoms with Crippen molar-refractivity contribution in [3.8, 4) is 17.2 Å². The van der Waals surface area contributed by atoms with Gasteiger partial charge < -0.3 is 19.9 Å². The summed E-state index contributed by atoms with van der Waals surface area (Å²) in [7, 11) is 3.06. The summed E-state index contributed by atoms with van der Waals surface area (Å²) in [4.78, 5) is 0. The Bertz CT molecular complexity index is 589. The van der Waals surface area contributed by atoms with E-state index in [2.05, 4.69) is 5.32 Å². The van der Waals surface area contributed by atoms with Gasteiger partial charge in [-0.3, -0.25) is 0 Å². The first-order valence-electron chi connectivity index (χ1n) is 7.14. The number of phenols is 1. The maximum absolute atomic E-state index is 9.88. The number of phenolic OH excluding ortho intramolecular Hbond substituents is 1. The van der Waals surface area contributed by atoms with Crippen LogP contribution in [0.1, 0.15) is 11.1 Å². The third-order valence-corrected chi connectivity index (χ3v) is 3.72. The largest absolute Gasteiger partial charge is 0.502 e. The lowest BCUT2D eigenvalue weighted by Gasteiger charge is -2.10. The molecule has 0 radical (unpaired) electrons. The predicted molar refractivity (Wildman–Crippen MR) is 86.9 cm³/mol. The monoisotopic (exact) mass is 322 g/mol. The van der Waals surface area contributed by atoms with Gasteiger partial charge in [-0.2, -0.15) is 0 Å². The molecule has 0 atom stereocenters. The molecule has 2 rings (SSSR count). The zero-order valence-electron chi connectivity index (χ0n) is 12.8. The molecule has 2 aromatic carbocycles. The zero-order chi connectivity index (χ0) is 15.9. The van der Waals surface area contributed by atoms with E-state index in [0.717, 1.165) is 30.1 Å². The van der Waals surface area contributed by atoms with Crippen LogP contribution in [0.3, 0.4) is 0 Å². The van der Waals surface area contributed by atoms with Crippen molar-refractivity contribution >= 4 is 11.6 Å². The summed E-state index contributed by atoms with van der Waals surface area (Å²) in [5.74, 6) is 0.899. The van der Waals surface area contributed by atoms with E-state index in [1.54, 1.807) is 0 Å². The van der Waals surface area contributed by atoms with E-state index in [0.29, 0.717) is 11.5 Å². The Labute approximate surface area is 135 Å². The highest BCUT2D eigenvalue weighted by Gasteiger charge is 2.11. The van der Waals surface area contributed by atoms with E-state index in [1.165, 1.54) is 19.8 Å². The molecule has 4 nitrogen and oxygen atoms in total. The van der Waals surface area contributed by atoms with Crippen molar-refractivity contribution in [1.29, 1.82) is 0 Å². The summed E-state index contributed by atoms with van der Waals surface area (Å²) in [5, 5.41) is 12.9. The predicted octanol–water partition coefficient (Wildman–Crippen LogP) is 2.37. The van der Waals surface area contributed by atoms with Gasteiger partial charge in [0.2, 0.25) is 5.75 Å². The molecule has 0 saturated carbocycles. The molecule has 2 aromatic rings. The first-order chi connectivity index (χ1) is 10.6. The van der Waals surface area contributed by atoms with Gasteiger partial charge in [-0.25, -0.2) is 0 Å². The second kappa shape index (κ2) is 7.92. The van der Waals surface area contributed by atoms with Crippen LogP contribution < -0.4 is 14.8 Å². The average molecular weight is 323 g/mol. The molecule has 5 heteroatoms. The van der Waals surface area contributed by atoms with Crippen LogP contribution in [0, 0.1) is 0 Å². The standard InChI is InChI=1S/C17H20ClNO3/c1-21-15-9-13(10-16(22-2)17(15)20)11-19-8-7-12-3-5-14(18)6-4-12/h3-6,9-10,19-20H,7-8,11H2,1-2H3/p+1. The van der Waals surface area contributed by atoms with Gasteiger partial charge in [-0.15, -0.1) is 0 Å². The summed E-state index contributed by atoms with van der Waals surface area (Å²) in [6.07, 6.45) is 0.976. The second-order valence-electron chi connectivity index (χ2n) is 5.01. The molecule has 0 aliphatic carbocycles. The van der Waals surface area contributed by atoms with Crippen LogP contribution in [0.5, 0.6) is 17.2 Å². The summed E-state index contributed by atoms with van der Waals surface area (Å²) in [6.45, 7) is 1.76. The molecular formula is C17H21ClNO3+. The molecule has 0 heterocycles. The number of rotatable bonds is 7. The SMILES string of the molecule is COc1cc(C[NH2+]CCc2ccc(Cl)cc2)cc(OC)c1O. The number of ether oxygens (including phenoxy) is 2. The summed E-state index contributed by atoms with van der Waals surface area (Å²) < 4.78 is 10.3. The van der Waals surface area contributed by atoms with Gasteiger partial charge in [0.25, 0.3) is 0 Å². The highest BCUT2D eigenvalue weighted by molar-refractivity contribution is 6.30. The van der Waals surface area contributed by atoms with Crippen molar-refractivity contribution in [2.45, 2.75) is 13.0 Å². The van der Waals surface area contributed by atoms with Crippen molar-refractivity contribution in [2.75, 3.05) is 20.8 Å². The highest BCUT2D eigenvalue weighted by atomic mass is 35.5. The number of quaternary nitrogens is 1. The molecule has 118 valence electrons. The summed E-state index contributed by atoms with van der Waals surface area (Å²) in [5.41, 5.74) is 2.31. The lowest BCUT2D eigenvalue weighted by atomic mass is 10.1. The third kappa shape index (κ3) is 4.29. The van der Waals surface area contributed by atoms with Crippen LogP contribution in [0.15, 0.2) is 36.4 Å². The fourth-order valence-electron chi connectivity index (χ4n) is 2.25. The van der Waals surface area contributed by atoms with E-state index in [4.69, 9.17) is 21.1 Å². The molecule has 3 N–H and O–H groups in total. The van der Waals surface area contributed by atoms with Gasteiger partial charge in [0.1, 0.15) is 6.54 Å². The van der Waals surface area contributed by atoms with E-state index in [-0.39, 0.29) is 5.75 Å². The van der Waals surface area contributed by atoms with Gasteiger partial charge >= 0.3 is 0 Å². The first-order valence-corrected chi connectivity index (χ1v) is 7.51. The number of benzene rings is 2. The van der Waals surface area contributed by atoms with E-state index in [1.807, 2.05) is 36.4 Å². The van der Waals surface area contributed by atoms with Crippen LogP contribution >= 0.6 is 11.6 Å². The Morgan fingerprint density at radius 1 is 1.00 bits per heavy atom. The molecule has 0 spiro atoms. The van der Waals surface area contributed by atoms with Crippen LogP contribution in [0.25, 0.3) is 0 Å². The van der Waals surface area contributed by atoms with Crippen molar-refractivity contribution in [1.82, 2.24) is 0 Å². The zero-order valence-corrected chi connectivity index (χ0v) is 13.6. The number of methoxy groups -OCH3 is 2. The molecule has 0 amide bonds. The maximum atomic E-state index is 9.88. The fourth-order valence-corrected chi connectivity index (χ4v) is 2.38. The van der Waals surface area contributed by atoms with E-state index < -0.39 is 0 Å². The van der Waals surface area contributed by atoms with Crippen molar-refractivity contribution in [3.05, 3.63) is 52.5 Å². The maximum Gasteiger partial charge on any atom is 0.200 e. The highest BCUT2D eigenvalue weighted by Crippen LogP contribution is 2.36. The molecule has 0 fully saturated rings. The summed E-state index contributed by atoms with van der Waals surface area (Å²) in [6, 6.07) is 11.6. The van der Waals surface area contributed by atoms with Crippen molar-refractivity contribution < 1.29 is 19.9 Å². The second-order valence-corrected chi connectivity index (χ2v) is 5.44. The fraction of sp³-hybridized carbons (Fsp3) is 0.294. The Morgan fingerprint density at radius 3 is 2.14 bits per heavy atom. The average Bonchev–Trinajstić information content (AvgIpc) is 2.54. The molecule has 0 saturated heterocycles. The molecule has 22 heavy (non-hydrogen) atoms. The number of halogens is 1. The Hall–Kier alpha value is -1.91. The smallest absolute Gasteiger partial charge is 0.200 e. The molecule has 0 aliphatic rings. The Morgan fingerprint density at radius 2 is 1.59 bits per heavy atom. The summed E-state index contributed by atoms with van der Waals surface area (Å²) >= 11 is 5.87. The van der Waals surface area contributed by atoms with Gasteiger partial charge in [0.05, 0.1) is 20.8 Å². The molecule has 0 aliphatic heterocycles. The van der Waals surface area contributed by atoms with Crippen LogP contribution in [0.2, 0.25) is 5.02 Å². The number of hydrogen-bond donors (Lipinski definition) is 2. The van der Waals surface area contributed by atoms with Gasteiger partial charge in [0.15, 0.2) is 11.5 Å². The minimum absolute atomic E-state index is 0.0370. The lowest BCUT2D eigenvalue weighted by Crippen LogP contribution is -2.83. The normalized spacial score (nSPS) is 10.5. The molecular weight excluding hydrogens is 302 g/mol. The van der Waals surface area contributed by atoms with Crippen molar-refractivity contribution in [2.24, 2.45) is 0 Å². The molecule has 0 bridgehead atoms. The van der Waals surface area contributed by atoms with Crippen LogP contribution in [-0.4, -0.2) is 25.9 Å². The lowest BCUT2D eigenvalue weighted by molar-refractivity contribution is -0.670. The number of aromatic hydroxyl groups is 1. The van der Waals surface area contributed by atoms with Crippen LogP contribution in [-0.2, 0) is 13.0 Å².